The molecule has 4 N–H and O–H groups in total. The van der Waals surface area contributed by atoms with Crippen LogP contribution in [0, 0.1) is 5.92 Å². The largest absolute Gasteiger partial charge is 0.409 e. The fourth-order valence-corrected chi connectivity index (χ4v) is 4.15. The molecular weight excluding hydrogens is 368 g/mol. The van der Waals surface area contributed by atoms with Gasteiger partial charge in [-0.1, -0.05) is 18.0 Å². The first-order chi connectivity index (χ1) is 13.9. The summed E-state index contributed by atoms with van der Waals surface area (Å²) in [7, 11) is 2.02. The lowest BCUT2D eigenvalue weighted by molar-refractivity contribution is 0.163. The molecule has 3 rings (SSSR count). The Morgan fingerprint density at radius 2 is 2.10 bits per heavy atom. The summed E-state index contributed by atoms with van der Waals surface area (Å²) in [5.74, 6) is 1.69. The van der Waals surface area contributed by atoms with Gasteiger partial charge in [-0.3, -0.25) is 4.90 Å². The van der Waals surface area contributed by atoms with E-state index >= 15 is 0 Å². The monoisotopic (exact) mass is 402 g/mol. The first kappa shape index (κ1) is 21.3. The van der Waals surface area contributed by atoms with Gasteiger partial charge in [0, 0.05) is 25.7 Å². The predicted molar refractivity (Wildman–Crippen MR) is 117 cm³/mol. The number of likely N-dealkylation sites (tertiary alicyclic amines) is 1. The van der Waals surface area contributed by atoms with Crippen molar-refractivity contribution in [1.82, 2.24) is 14.9 Å². The Morgan fingerprint density at radius 1 is 1.34 bits per heavy atom. The number of piperidine rings is 1. The van der Waals surface area contributed by atoms with Crippen LogP contribution in [0.4, 0.5) is 17.3 Å². The summed E-state index contributed by atoms with van der Waals surface area (Å²) in [5.41, 5.74) is 6.56. The molecular formula is C20H34N8O. The molecule has 2 atom stereocenters. The van der Waals surface area contributed by atoms with E-state index in [0.29, 0.717) is 23.6 Å². The SMILES string of the molecule is C=Nc1nc(/C(N)=N/O)nc(N[C@H](C)C2CCC2)c1N(C)CN1CCCCC1C. The molecule has 2 aliphatic rings. The van der Waals surface area contributed by atoms with Crippen molar-refractivity contribution in [2.75, 3.05) is 30.5 Å². The molecule has 2 fully saturated rings. The normalized spacial score (nSPS) is 22.0. The third-order valence-corrected chi connectivity index (χ3v) is 6.29. The van der Waals surface area contributed by atoms with E-state index in [-0.39, 0.29) is 17.7 Å². The number of anilines is 2. The van der Waals surface area contributed by atoms with Crippen LogP contribution in [0.15, 0.2) is 10.1 Å². The molecule has 0 aromatic carbocycles. The number of nitrogens with one attached hydrogen (secondary N) is 1. The van der Waals surface area contributed by atoms with Gasteiger partial charge < -0.3 is 21.2 Å². The second kappa shape index (κ2) is 9.39. The number of hydrogen-bond donors (Lipinski definition) is 3. The standard InChI is InChI=1S/C20H34N8O/c1-13-8-5-6-11-28(13)12-27(4)16-18(22-3)24-20(17(21)26-29)25-19(16)23-14(2)15-9-7-10-15/h13-15,29H,3,5-12H2,1-2,4H3,(H2,21,26)(H,23,24,25)/t13?,14-/m1/s1. The minimum atomic E-state index is -0.145. The second-order valence-corrected chi connectivity index (χ2v) is 8.33. The number of amidine groups is 1. The number of nitrogens with zero attached hydrogens (tertiary/aromatic N) is 6. The number of oxime groups is 1. The number of rotatable bonds is 8. The van der Waals surface area contributed by atoms with Gasteiger partial charge in [-0.15, -0.1) is 0 Å². The Balaban J connectivity index is 1.94. The van der Waals surface area contributed by atoms with Crippen LogP contribution >= 0.6 is 0 Å². The van der Waals surface area contributed by atoms with Crippen molar-refractivity contribution in [3.05, 3.63) is 5.82 Å². The molecule has 1 aliphatic heterocycles. The molecule has 1 aliphatic carbocycles. The zero-order valence-electron chi connectivity index (χ0n) is 17.8. The second-order valence-electron chi connectivity index (χ2n) is 8.33. The van der Waals surface area contributed by atoms with E-state index in [2.05, 4.69) is 55.8 Å². The summed E-state index contributed by atoms with van der Waals surface area (Å²) in [5, 5.41) is 15.7. The van der Waals surface area contributed by atoms with Crippen LogP contribution in [0.5, 0.6) is 0 Å². The van der Waals surface area contributed by atoms with Gasteiger partial charge in [0.25, 0.3) is 0 Å². The minimum absolute atomic E-state index is 0.140. The fraction of sp³-hybridized carbons (Fsp3) is 0.700. The lowest BCUT2D eigenvalue weighted by atomic mass is 9.80. The fourth-order valence-electron chi connectivity index (χ4n) is 4.15. The molecule has 160 valence electrons. The van der Waals surface area contributed by atoms with E-state index in [0.717, 1.165) is 18.9 Å². The van der Waals surface area contributed by atoms with Gasteiger partial charge in [-0.25, -0.2) is 15.0 Å². The van der Waals surface area contributed by atoms with Gasteiger partial charge in [0.1, 0.15) is 5.69 Å². The number of aliphatic imine (C=N–C) groups is 1. The Bertz CT molecular complexity index is 748. The van der Waals surface area contributed by atoms with Gasteiger partial charge in [-0.2, -0.15) is 0 Å². The highest BCUT2D eigenvalue weighted by Crippen LogP contribution is 2.36. The van der Waals surface area contributed by atoms with Crippen LogP contribution in [0.2, 0.25) is 0 Å². The van der Waals surface area contributed by atoms with Crippen molar-refractivity contribution < 1.29 is 5.21 Å². The van der Waals surface area contributed by atoms with E-state index in [1.807, 2.05) is 7.05 Å². The minimum Gasteiger partial charge on any atom is -0.409 e. The summed E-state index contributed by atoms with van der Waals surface area (Å²) in [6.45, 7) is 9.97. The zero-order chi connectivity index (χ0) is 21.0. The van der Waals surface area contributed by atoms with Gasteiger partial charge in [-0.05, 0) is 52.2 Å². The Morgan fingerprint density at radius 3 is 2.69 bits per heavy atom. The molecule has 1 unspecified atom stereocenters. The topological polar surface area (TPSA) is 115 Å². The highest BCUT2D eigenvalue weighted by atomic mass is 16.4. The van der Waals surface area contributed by atoms with Crippen molar-refractivity contribution >= 4 is 29.9 Å². The Labute approximate surface area is 173 Å². The van der Waals surface area contributed by atoms with E-state index in [9.17, 15) is 0 Å². The summed E-state index contributed by atoms with van der Waals surface area (Å²) in [4.78, 5) is 17.7. The maximum absolute atomic E-state index is 9.08. The molecule has 0 amide bonds. The molecule has 0 bridgehead atoms. The van der Waals surface area contributed by atoms with Crippen molar-refractivity contribution in [2.24, 2.45) is 21.8 Å². The maximum Gasteiger partial charge on any atom is 0.208 e. The molecule has 2 heterocycles. The predicted octanol–water partition coefficient (Wildman–Crippen LogP) is 2.77. The van der Waals surface area contributed by atoms with Crippen LogP contribution < -0.4 is 16.0 Å². The lowest BCUT2D eigenvalue weighted by Crippen LogP contribution is -2.44. The molecule has 1 aromatic rings. The van der Waals surface area contributed by atoms with Crippen LogP contribution in [0.3, 0.4) is 0 Å². The first-order valence-electron chi connectivity index (χ1n) is 10.5. The summed E-state index contributed by atoms with van der Waals surface area (Å²) in [6, 6.07) is 0.798. The van der Waals surface area contributed by atoms with Crippen LogP contribution in [0.25, 0.3) is 0 Å². The summed E-state index contributed by atoms with van der Waals surface area (Å²) >= 11 is 0. The van der Waals surface area contributed by atoms with E-state index < -0.39 is 0 Å². The van der Waals surface area contributed by atoms with Crippen LogP contribution in [-0.4, -0.2) is 65.0 Å². The first-order valence-corrected chi connectivity index (χ1v) is 10.5. The molecule has 9 heteroatoms. The number of nitrogens with two attached hydrogens (primary N) is 1. The smallest absolute Gasteiger partial charge is 0.208 e. The van der Waals surface area contributed by atoms with Gasteiger partial charge in [0.05, 0.1) is 6.67 Å². The Kier molecular flexibility index (Phi) is 6.89. The number of aromatic nitrogens is 2. The van der Waals surface area contributed by atoms with Crippen molar-refractivity contribution in [1.29, 1.82) is 0 Å². The van der Waals surface area contributed by atoms with E-state index in [1.165, 1.54) is 38.5 Å². The molecule has 9 nitrogen and oxygen atoms in total. The van der Waals surface area contributed by atoms with E-state index in [4.69, 9.17) is 10.9 Å². The van der Waals surface area contributed by atoms with E-state index in [1.54, 1.807) is 0 Å². The quantitative estimate of drug-likeness (QED) is 0.265. The average molecular weight is 403 g/mol. The summed E-state index contributed by atoms with van der Waals surface area (Å²) < 4.78 is 0. The third kappa shape index (κ3) is 4.77. The van der Waals surface area contributed by atoms with Crippen LogP contribution in [-0.2, 0) is 0 Å². The molecule has 0 spiro atoms. The van der Waals surface area contributed by atoms with Gasteiger partial charge >= 0.3 is 0 Å². The average Bonchev–Trinajstić information content (AvgIpc) is 2.66. The number of hydrogen-bond acceptors (Lipinski definition) is 8. The molecule has 29 heavy (non-hydrogen) atoms. The Hall–Kier alpha value is -2.42. The highest BCUT2D eigenvalue weighted by Gasteiger charge is 2.28. The maximum atomic E-state index is 9.08. The van der Waals surface area contributed by atoms with Gasteiger partial charge in [0.2, 0.25) is 11.7 Å². The van der Waals surface area contributed by atoms with Gasteiger partial charge in [0.15, 0.2) is 11.6 Å². The molecule has 1 aromatic heterocycles. The molecule has 0 radical (unpaired) electrons. The van der Waals surface area contributed by atoms with Crippen molar-refractivity contribution in [2.45, 2.75) is 64.5 Å². The molecule has 1 saturated carbocycles. The van der Waals surface area contributed by atoms with Crippen LogP contribution in [0.1, 0.15) is 58.2 Å². The lowest BCUT2D eigenvalue weighted by Gasteiger charge is -2.38. The highest BCUT2D eigenvalue weighted by molar-refractivity contribution is 5.95. The van der Waals surface area contributed by atoms with Crippen molar-refractivity contribution in [3.8, 4) is 0 Å². The van der Waals surface area contributed by atoms with Crippen molar-refractivity contribution in [3.63, 3.8) is 0 Å². The molecule has 1 saturated heterocycles. The summed E-state index contributed by atoms with van der Waals surface area (Å²) in [6.07, 6.45) is 7.42. The zero-order valence-corrected chi connectivity index (χ0v) is 17.8. The third-order valence-electron chi connectivity index (χ3n) is 6.29.